The van der Waals surface area contributed by atoms with Crippen molar-refractivity contribution in [3.63, 3.8) is 0 Å². The van der Waals surface area contributed by atoms with E-state index in [0.29, 0.717) is 17.1 Å². The molecular weight excluding hydrogens is 256 g/mol. The Labute approximate surface area is 117 Å². The summed E-state index contributed by atoms with van der Waals surface area (Å²) in [5, 5.41) is 10.0. The highest BCUT2D eigenvalue weighted by atomic mass is 16.5. The van der Waals surface area contributed by atoms with E-state index in [1.54, 1.807) is 43.3 Å². The van der Waals surface area contributed by atoms with Crippen LogP contribution >= 0.6 is 0 Å². The predicted molar refractivity (Wildman–Crippen MR) is 74.6 cm³/mol. The van der Waals surface area contributed by atoms with Crippen LogP contribution in [-0.4, -0.2) is 17.7 Å². The summed E-state index contributed by atoms with van der Waals surface area (Å²) in [5.74, 6) is 0.381. The zero-order valence-corrected chi connectivity index (χ0v) is 11.2. The van der Waals surface area contributed by atoms with Gasteiger partial charge in [0.05, 0.1) is 6.61 Å². The largest absolute Gasteiger partial charge is 0.464 e. The lowest BCUT2D eigenvalue weighted by Crippen LogP contribution is -2.16. The molecule has 4 heteroatoms. The summed E-state index contributed by atoms with van der Waals surface area (Å²) >= 11 is 0. The van der Waals surface area contributed by atoms with E-state index in [9.17, 15) is 9.90 Å². The quantitative estimate of drug-likeness (QED) is 0.850. The van der Waals surface area contributed by atoms with Gasteiger partial charge in [0.2, 0.25) is 0 Å². The van der Waals surface area contributed by atoms with Crippen molar-refractivity contribution in [3.8, 4) is 11.5 Å². The van der Waals surface area contributed by atoms with Gasteiger partial charge >= 0.3 is 5.97 Å². The first-order valence-corrected chi connectivity index (χ1v) is 6.39. The van der Waals surface area contributed by atoms with E-state index in [4.69, 9.17) is 9.47 Å². The molecule has 4 nitrogen and oxygen atoms in total. The molecule has 0 saturated carbocycles. The van der Waals surface area contributed by atoms with Crippen LogP contribution in [0.4, 0.5) is 0 Å². The van der Waals surface area contributed by atoms with E-state index < -0.39 is 12.1 Å². The van der Waals surface area contributed by atoms with E-state index >= 15 is 0 Å². The van der Waals surface area contributed by atoms with Gasteiger partial charge in [0, 0.05) is 5.56 Å². The van der Waals surface area contributed by atoms with E-state index in [2.05, 4.69) is 0 Å². The Balaban J connectivity index is 2.24. The SMILES string of the molecule is CCOC(=O)[C@H](O)c1ccccc1Oc1ccccc1. The number of aliphatic hydroxyl groups excluding tert-OH is 1. The molecule has 0 aliphatic rings. The molecule has 20 heavy (non-hydrogen) atoms. The highest BCUT2D eigenvalue weighted by Crippen LogP contribution is 2.30. The fraction of sp³-hybridized carbons (Fsp3) is 0.188. The van der Waals surface area contributed by atoms with Crippen molar-refractivity contribution >= 4 is 5.97 Å². The van der Waals surface area contributed by atoms with Crippen LogP contribution in [0.15, 0.2) is 54.6 Å². The van der Waals surface area contributed by atoms with Crippen molar-refractivity contribution in [1.29, 1.82) is 0 Å². The van der Waals surface area contributed by atoms with Crippen molar-refractivity contribution in [2.75, 3.05) is 6.61 Å². The average molecular weight is 272 g/mol. The molecule has 104 valence electrons. The first-order valence-electron chi connectivity index (χ1n) is 6.39. The summed E-state index contributed by atoms with van der Waals surface area (Å²) in [6.07, 6.45) is -1.35. The van der Waals surface area contributed by atoms with Gasteiger partial charge in [0.1, 0.15) is 11.5 Å². The third kappa shape index (κ3) is 3.36. The lowest BCUT2D eigenvalue weighted by atomic mass is 10.1. The molecule has 0 radical (unpaired) electrons. The third-order valence-electron chi connectivity index (χ3n) is 2.69. The third-order valence-corrected chi connectivity index (χ3v) is 2.69. The highest BCUT2D eigenvalue weighted by molar-refractivity contribution is 5.77. The van der Waals surface area contributed by atoms with E-state index in [0.717, 1.165) is 0 Å². The standard InChI is InChI=1S/C16H16O4/c1-2-19-16(18)15(17)13-10-6-7-11-14(13)20-12-8-4-3-5-9-12/h3-11,15,17H,2H2,1H3/t15-/m1/s1. The van der Waals surface area contributed by atoms with E-state index in [-0.39, 0.29) is 6.61 Å². The van der Waals surface area contributed by atoms with Gasteiger partial charge in [0.25, 0.3) is 0 Å². The number of aliphatic hydroxyl groups is 1. The molecule has 0 amide bonds. The number of hydrogen-bond donors (Lipinski definition) is 1. The normalized spacial score (nSPS) is 11.7. The van der Waals surface area contributed by atoms with Gasteiger partial charge in [-0.25, -0.2) is 4.79 Å². The van der Waals surface area contributed by atoms with Crippen LogP contribution in [0.25, 0.3) is 0 Å². The Kier molecular flexibility index (Phi) is 4.74. The van der Waals surface area contributed by atoms with Gasteiger partial charge in [-0.2, -0.15) is 0 Å². The molecule has 0 aromatic heterocycles. The van der Waals surface area contributed by atoms with Gasteiger partial charge < -0.3 is 14.6 Å². The molecule has 1 N–H and O–H groups in total. The monoisotopic (exact) mass is 272 g/mol. The second-order valence-electron chi connectivity index (χ2n) is 4.11. The molecule has 0 bridgehead atoms. The molecule has 0 aliphatic heterocycles. The molecular formula is C16H16O4. The van der Waals surface area contributed by atoms with E-state index in [1.165, 1.54) is 0 Å². The lowest BCUT2D eigenvalue weighted by Gasteiger charge is -2.15. The maximum Gasteiger partial charge on any atom is 0.339 e. The van der Waals surface area contributed by atoms with E-state index in [1.807, 2.05) is 18.2 Å². The fourth-order valence-corrected chi connectivity index (χ4v) is 1.76. The second-order valence-corrected chi connectivity index (χ2v) is 4.11. The molecule has 0 heterocycles. The molecule has 0 unspecified atom stereocenters. The van der Waals surface area contributed by atoms with Crippen LogP contribution in [0.2, 0.25) is 0 Å². The van der Waals surface area contributed by atoms with Gasteiger partial charge in [-0.3, -0.25) is 0 Å². The molecule has 2 aromatic rings. The van der Waals surface area contributed by atoms with Gasteiger partial charge in [-0.05, 0) is 25.1 Å². The average Bonchev–Trinajstić information content (AvgIpc) is 2.48. The minimum absolute atomic E-state index is 0.220. The second kappa shape index (κ2) is 6.73. The number of esters is 1. The van der Waals surface area contributed by atoms with Crippen molar-refractivity contribution < 1.29 is 19.4 Å². The molecule has 2 aromatic carbocycles. The maximum atomic E-state index is 11.6. The molecule has 0 aliphatic carbocycles. The topological polar surface area (TPSA) is 55.8 Å². The molecule has 0 saturated heterocycles. The van der Waals surface area contributed by atoms with Crippen molar-refractivity contribution in [1.82, 2.24) is 0 Å². The Morgan fingerprint density at radius 3 is 2.45 bits per heavy atom. The predicted octanol–water partition coefficient (Wildman–Crippen LogP) is 3.08. The summed E-state index contributed by atoms with van der Waals surface area (Å²) in [6, 6.07) is 16.0. The minimum Gasteiger partial charge on any atom is -0.464 e. The van der Waals surface area contributed by atoms with Crippen LogP contribution in [0.3, 0.4) is 0 Å². The van der Waals surface area contributed by atoms with Crippen LogP contribution in [0.1, 0.15) is 18.6 Å². The van der Waals surface area contributed by atoms with Crippen molar-refractivity contribution in [3.05, 3.63) is 60.2 Å². The summed E-state index contributed by atoms with van der Waals surface area (Å²) in [6.45, 7) is 1.91. The molecule has 2 rings (SSSR count). The smallest absolute Gasteiger partial charge is 0.339 e. The summed E-state index contributed by atoms with van der Waals surface area (Å²) in [5.41, 5.74) is 0.384. The van der Waals surface area contributed by atoms with Crippen LogP contribution in [-0.2, 0) is 9.53 Å². The van der Waals surface area contributed by atoms with Gasteiger partial charge in [-0.1, -0.05) is 36.4 Å². The lowest BCUT2D eigenvalue weighted by molar-refractivity contribution is -0.153. The molecule has 0 fully saturated rings. The summed E-state index contributed by atoms with van der Waals surface area (Å²) in [7, 11) is 0. The Morgan fingerprint density at radius 2 is 1.75 bits per heavy atom. The number of para-hydroxylation sites is 2. The Hall–Kier alpha value is -2.33. The van der Waals surface area contributed by atoms with Crippen LogP contribution in [0, 0.1) is 0 Å². The Morgan fingerprint density at radius 1 is 1.10 bits per heavy atom. The summed E-state index contributed by atoms with van der Waals surface area (Å²) in [4.78, 5) is 11.6. The molecule has 1 atom stereocenters. The van der Waals surface area contributed by atoms with Gasteiger partial charge in [-0.15, -0.1) is 0 Å². The molecule has 0 spiro atoms. The first-order chi connectivity index (χ1) is 9.72. The van der Waals surface area contributed by atoms with Crippen LogP contribution < -0.4 is 4.74 Å². The zero-order chi connectivity index (χ0) is 14.4. The summed E-state index contributed by atoms with van der Waals surface area (Å²) < 4.78 is 10.5. The Bertz CT molecular complexity index is 566. The van der Waals surface area contributed by atoms with Crippen LogP contribution in [0.5, 0.6) is 11.5 Å². The van der Waals surface area contributed by atoms with Crippen molar-refractivity contribution in [2.24, 2.45) is 0 Å². The first kappa shape index (κ1) is 14.1. The number of hydrogen-bond acceptors (Lipinski definition) is 4. The number of carbonyl (C=O) groups is 1. The van der Waals surface area contributed by atoms with Gasteiger partial charge in [0.15, 0.2) is 6.10 Å². The van der Waals surface area contributed by atoms with Crippen molar-refractivity contribution in [2.45, 2.75) is 13.0 Å². The highest BCUT2D eigenvalue weighted by Gasteiger charge is 2.22. The number of ether oxygens (including phenoxy) is 2. The number of carbonyl (C=O) groups excluding carboxylic acids is 1. The number of rotatable bonds is 5. The maximum absolute atomic E-state index is 11.6. The fourth-order valence-electron chi connectivity index (χ4n) is 1.76. The number of benzene rings is 2. The minimum atomic E-state index is -1.35. The zero-order valence-electron chi connectivity index (χ0n) is 11.2.